The molecule has 0 bridgehead atoms. The van der Waals surface area contributed by atoms with Gasteiger partial charge in [0.15, 0.2) is 6.29 Å². The van der Waals surface area contributed by atoms with Gasteiger partial charge in [-0.15, -0.1) is 0 Å². The van der Waals surface area contributed by atoms with Crippen LogP contribution in [0.1, 0.15) is 12.5 Å². The van der Waals surface area contributed by atoms with Crippen LogP contribution in [0.25, 0.3) is 6.08 Å². The van der Waals surface area contributed by atoms with E-state index in [-0.39, 0.29) is 11.7 Å². The molecule has 16 heavy (non-hydrogen) atoms. The minimum absolute atomic E-state index is 0.233. The Hall–Kier alpha value is -2.10. The van der Waals surface area contributed by atoms with Gasteiger partial charge >= 0.3 is 6.03 Å². The molecule has 0 radical (unpaired) electrons. The van der Waals surface area contributed by atoms with Gasteiger partial charge in [-0.25, -0.2) is 4.79 Å². The SMILES string of the molecule is CCNC(=O)NC(C=O)=Cc1ccccc1. The minimum Gasteiger partial charge on any atom is -0.338 e. The Balaban J connectivity index is 2.71. The maximum Gasteiger partial charge on any atom is 0.319 e. The Kier molecular flexibility index (Phi) is 4.79. The highest BCUT2D eigenvalue weighted by atomic mass is 16.2. The largest absolute Gasteiger partial charge is 0.338 e. The van der Waals surface area contributed by atoms with E-state index in [9.17, 15) is 9.59 Å². The maximum absolute atomic E-state index is 11.2. The van der Waals surface area contributed by atoms with Gasteiger partial charge in [0.1, 0.15) is 0 Å². The van der Waals surface area contributed by atoms with E-state index in [1.165, 1.54) is 0 Å². The number of hydrogen-bond acceptors (Lipinski definition) is 2. The third-order valence-corrected chi connectivity index (χ3v) is 1.84. The second kappa shape index (κ2) is 6.40. The Bertz CT molecular complexity index is 385. The molecule has 0 aliphatic heterocycles. The number of urea groups is 1. The zero-order valence-electron chi connectivity index (χ0n) is 9.07. The molecule has 1 aromatic rings. The smallest absolute Gasteiger partial charge is 0.319 e. The van der Waals surface area contributed by atoms with Crippen molar-refractivity contribution in [3.05, 3.63) is 41.6 Å². The molecule has 0 saturated heterocycles. The van der Waals surface area contributed by atoms with Crippen molar-refractivity contribution < 1.29 is 9.59 Å². The first-order valence-corrected chi connectivity index (χ1v) is 5.03. The van der Waals surface area contributed by atoms with E-state index < -0.39 is 0 Å². The number of carbonyl (C=O) groups excluding carboxylic acids is 2. The summed E-state index contributed by atoms with van der Waals surface area (Å²) >= 11 is 0. The Morgan fingerprint density at radius 2 is 2.00 bits per heavy atom. The van der Waals surface area contributed by atoms with Crippen molar-refractivity contribution in [1.29, 1.82) is 0 Å². The first-order valence-electron chi connectivity index (χ1n) is 5.03. The Morgan fingerprint density at radius 1 is 1.31 bits per heavy atom. The van der Waals surface area contributed by atoms with Crippen LogP contribution in [0.15, 0.2) is 36.0 Å². The molecule has 0 aliphatic carbocycles. The summed E-state index contributed by atoms with van der Waals surface area (Å²) < 4.78 is 0. The maximum atomic E-state index is 11.2. The quantitative estimate of drug-likeness (QED) is 0.595. The molecule has 0 heterocycles. The number of aldehydes is 1. The van der Waals surface area contributed by atoms with E-state index >= 15 is 0 Å². The zero-order valence-corrected chi connectivity index (χ0v) is 9.07. The number of benzene rings is 1. The zero-order chi connectivity index (χ0) is 11.8. The highest BCUT2D eigenvalue weighted by Gasteiger charge is 2.01. The number of hydrogen-bond donors (Lipinski definition) is 2. The first-order chi connectivity index (χ1) is 7.76. The van der Waals surface area contributed by atoms with Gasteiger partial charge in [0.25, 0.3) is 0 Å². The van der Waals surface area contributed by atoms with Crippen LogP contribution < -0.4 is 10.6 Å². The molecule has 2 N–H and O–H groups in total. The molecule has 0 aromatic heterocycles. The van der Waals surface area contributed by atoms with Crippen LogP contribution in [0.2, 0.25) is 0 Å². The summed E-state index contributed by atoms with van der Waals surface area (Å²) in [5.41, 5.74) is 1.10. The monoisotopic (exact) mass is 218 g/mol. The highest BCUT2D eigenvalue weighted by molar-refractivity contribution is 5.89. The van der Waals surface area contributed by atoms with Crippen LogP contribution in [0.3, 0.4) is 0 Å². The summed E-state index contributed by atoms with van der Waals surface area (Å²) in [6, 6.07) is 8.93. The fraction of sp³-hybridized carbons (Fsp3) is 0.167. The van der Waals surface area contributed by atoms with Crippen LogP contribution in [0, 0.1) is 0 Å². The van der Waals surface area contributed by atoms with Gasteiger partial charge in [-0.3, -0.25) is 4.79 Å². The van der Waals surface area contributed by atoms with E-state index in [1.807, 2.05) is 30.3 Å². The highest BCUT2D eigenvalue weighted by Crippen LogP contribution is 2.03. The molecule has 0 fully saturated rings. The summed E-state index contributed by atoms with van der Waals surface area (Å²) in [5, 5.41) is 5.01. The number of rotatable bonds is 4. The lowest BCUT2D eigenvalue weighted by Gasteiger charge is -2.04. The lowest BCUT2D eigenvalue weighted by atomic mass is 10.2. The number of carbonyl (C=O) groups is 2. The second-order valence-corrected chi connectivity index (χ2v) is 3.11. The van der Waals surface area contributed by atoms with Gasteiger partial charge in [-0.1, -0.05) is 30.3 Å². The van der Waals surface area contributed by atoms with Crippen molar-refractivity contribution in [1.82, 2.24) is 10.6 Å². The molecule has 0 aliphatic rings. The molecule has 4 nitrogen and oxygen atoms in total. The average molecular weight is 218 g/mol. The summed E-state index contributed by atoms with van der Waals surface area (Å²) in [7, 11) is 0. The van der Waals surface area contributed by atoms with Crippen LogP contribution in [0.4, 0.5) is 4.79 Å². The van der Waals surface area contributed by atoms with Crippen LogP contribution in [-0.2, 0) is 4.79 Å². The first kappa shape index (κ1) is 12.0. The van der Waals surface area contributed by atoms with Crippen molar-refractivity contribution in [2.75, 3.05) is 6.54 Å². The van der Waals surface area contributed by atoms with Gasteiger partial charge < -0.3 is 10.6 Å². The molecule has 0 saturated carbocycles. The topological polar surface area (TPSA) is 58.2 Å². The number of allylic oxidation sites excluding steroid dienone is 1. The molecule has 1 rings (SSSR count). The molecule has 0 atom stereocenters. The van der Waals surface area contributed by atoms with Crippen LogP contribution in [0.5, 0.6) is 0 Å². The van der Waals surface area contributed by atoms with E-state index in [2.05, 4.69) is 10.6 Å². The van der Waals surface area contributed by atoms with Crippen molar-refractivity contribution in [2.24, 2.45) is 0 Å². The van der Waals surface area contributed by atoms with E-state index in [0.717, 1.165) is 5.56 Å². The van der Waals surface area contributed by atoms with Crippen LogP contribution in [-0.4, -0.2) is 18.9 Å². The van der Waals surface area contributed by atoms with Crippen molar-refractivity contribution >= 4 is 18.4 Å². The Morgan fingerprint density at radius 3 is 2.56 bits per heavy atom. The van der Waals surface area contributed by atoms with Gasteiger partial charge in [0.2, 0.25) is 0 Å². The molecule has 1 aromatic carbocycles. The molecule has 4 heteroatoms. The lowest BCUT2D eigenvalue weighted by Crippen LogP contribution is -2.34. The predicted octanol–water partition coefficient (Wildman–Crippen LogP) is 1.55. The molecule has 0 unspecified atom stereocenters. The number of amides is 2. The predicted molar refractivity (Wildman–Crippen MR) is 62.7 cm³/mol. The van der Waals surface area contributed by atoms with E-state index in [0.29, 0.717) is 12.8 Å². The lowest BCUT2D eigenvalue weighted by molar-refractivity contribution is -0.105. The normalized spacial score (nSPS) is 10.7. The second-order valence-electron chi connectivity index (χ2n) is 3.11. The van der Waals surface area contributed by atoms with Gasteiger partial charge in [-0.2, -0.15) is 0 Å². The van der Waals surface area contributed by atoms with Crippen LogP contribution >= 0.6 is 0 Å². The molecule has 0 spiro atoms. The van der Waals surface area contributed by atoms with Gasteiger partial charge in [-0.05, 0) is 18.6 Å². The summed E-state index contributed by atoms with van der Waals surface area (Å²) in [6.45, 7) is 2.32. The van der Waals surface area contributed by atoms with Crippen molar-refractivity contribution in [3.8, 4) is 0 Å². The Labute approximate surface area is 94.4 Å². The molecule has 2 amide bonds. The minimum atomic E-state index is -0.378. The van der Waals surface area contributed by atoms with Gasteiger partial charge in [0, 0.05) is 6.54 Å². The summed E-state index contributed by atoms with van der Waals surface area (Å²) in [4.78, 5) is 21.9. The molecular formula is C12H14N2O2. The number of nitrogens with one attached hydrogen (secondary N) is 2. The third kappa shape index (κ3) is 3.96. The third-order valence-electron chi connectivity index (χ3n) is 1.84. The fourth-order valence-corrected chi connectivity index (χ4v) is 1.16. The molecular weight excluding hydrogens is 204 g/mol. The average Bonchev–Trinajstić information content (AvgIpc) is 2.30. The van der Waals surface area contributed by atoms with E-state index in [4.69, 9.17) is 0 Å². The van der Waals surface area contributed by atoms with Crippen molar-refractivity contribution in [3.63, 3.8) is 0 Å². The van der Waals surface area contributed by atoms with E-state index in [1.54, 1.807) is 13.0 Å². The van der Waals surface area contributed by atoms with Crippen molar-refractivity contribution in [2.45, 2.75) is 6.92 Å². The molecule has 84 valence electrons. The summed E-state index contributed by atoms with van der Waals surface area (Å²) in [6.07, 6.45) is 2.23. The summed E-state index contributed by atoms with van der Waals surface area (Å²) in [5.74, 6) is 0. The standard InChI is InChI=1S/C12H14N2O2/c1-2-13-12(16)14-11(9-15)8-10-6-4-3-5-7-10/h3-9H,2H2,1H3,(H2,13,14,16). The fourth-order valence-electron chi connectivity index (χ4n) is 1.16. The van der Waals surface area contributed by atoms with Gasteiger partial charge in [0.05, 0.1) is 5.70 Å².